The number of hydrogen-bond donors (Lipinski definition) is 2. The first-order chi connectivity index (χ1) is 9.33. The van der Waals surface area contributed by atoms with Gasteiger partial charge in [0.25, 0.3) is 0 Å². The molecule has 1 aromatic heterocycles. The van der Waals surface area contributed by atoms with Crippen molar-refractivity contribution in [1.29, 1.82) is 0 Å². The topological polar surface area (TPSA) is 49.8 Å². The second-order valence-electron chi connectivity index (χ2n) is 4.87. The van der Waals surface area contributed by atoms with Gasteiger partial charge in [0.1, 0.15) is 5.82 Å². The third-order valence-electron chi connectivity index (χ3n) is 3.36. The first kappa shape index (κ1) is 14.4. The zero-order valence-electron chi connectivity index (χ0n) is 11.9. The monoisotopic (exact) mass is 280 g/mol. The first-order valence-corrected chi connectivity index (χ1v) is 8.33. The third kappa shape index (κ3) is 4.27. The zero-order valence-corrected chi connectivity index (χ0v) is 12.7. The maximum Gasteiger partial charge on any atom is 0.224 e. The summed E-state index contributed by atoms with van der Waals surface area (Å²) in [5, 5.41) is 7.54. The lowest BCUT2D eigenvalue weighted by Crippen LogP contribution is -2.26. The maximum absolute atomic E-state index is 4.53. The normalized spacial score (nSPS) is 22.4. The molecule has 19 heavy (non-hydrogen) atoms. The first-order valence-electron chi connectivity index (χ1n) is 7.28. The highest BCUT2D eigenvalue weighted by molar-refractivity contribution is 7.99. The molecule has 0 bridgehead atoms. The molecular weight excluding hydrogens is 256 g/mol. The number of thioether (sulfide) groups is 1. The SMILES string of the molecule is CCCNc1nccc(NC2CCCC2SCC)n1. The van der Waals surface area contributed by atoms with E-state index in [1.807, 2.05) is 12.3 Å². The molecule has 2 rings (SSSR count). The van der Waals surface area contributed by atoms with Gasteiger partial charge in [0.2, 0.25) is 5.95 Å². The van der Waals surface area contributed by atoms with Crippen LogP contribution in [0.1, 0.15) is 39.5 Å². The van der Waals surface area contributed by atoms with Crippen molar-refractivity contribution in [3.05, 3.63) is 12.3 Å². The molecule has 0 amide bonds. The van der Waals surface area contributed by atoms with Gasteiger partial charge in [-0.15, -0.1) is 0 Å². The van der Waals surface area contributed by atoms with Crippen LogP contribution in [0.5, 0.6) is 0 Å². The summed E-state index contributed by atoms with van der Waals surface area (Å²) in [6.45, 7) is 5.29. The van der Waals surface area contributed by atoms with Crippen LogP contribution >= 0.6 is 11.8 Å². The molecule has 0 aliphatic heterocycles. The van der Waals surface area contributed by atoms with Gasteiger partial charge in [-0.25, -0.2) is 4.98 Å². The standard InChI is InChI=1S/C14H24N4S/c1-3-9-15-14-16-10-8-13(18-14)17-11-6-5-7-12(11)19-4-2/h8,10-12H,3-7,9H2,1-2H3,(H2,15,16,17,18). The van der Waals surface area contributed by atoms with E-state index >= 15 is 0 Å². The van der Waals surface area contributed by atoms with Gasteiger partial charge in [0.15, 0.2) is 0 Å². The average Bonchev–Trinajstić information content (AvgIpc) is 2.85. The lowest BCUT2D eigenvalue weighted by molar-refractivity contribution is 0.761. The average molecular weight is 280 g/mol. The summed E-state index contributed by atoms with van der Waals surface area (Å²) < 4.78 is 0. The van der Waals surface area contributed by atoms with Crippen LogP contribution < -0.4 is 10.6 Å². The van der Waals surface area contributed by atoms with Crippen LogP contribution in [-0.4, -0.2) is 33.6 Å². The summed E-state index contributed by atoms with van der Waals surface area (Å²) in [7, 11) is 0. The van der Waals surface area contributed by atoms with Crippen molar-refractivity contribution < 1.29 is 0 Å². The molecule has 106 valence electrons. The van der Waals surface area contributed by atoms with Crippen LogP contribution in [0.15, 0.2) is 12.3 Å². The summed E-state index contributed by atoms with van der Waals surface area (Å²) >= 11 is 2.06. The molecule has 0 spiro atoms. The molecule has 2 N–H and O–H groups in total. The molecule has 0 aromatic carbocycles. The highest BCUT2D eigenvalue weighted by atomic mass is 32.2. The van der Waals surface area contributed by atoms with Gasteiger partial charge in [0.05, 0.1) is 0 Å². The number of aromatic nitrogens is 2. The molecule has 2 atom stereocenters. The van der Waals surface area contributed by atoms with Crippen molar-refractivity contribution in [2.24, 2.45) is 0 Å². The summed E-state index contributed by atoms with van der Waals surface area (Å²) in [5.41, 5.74) is 0. The Kier molecular flexibility index (Phi) is 5.76. The molecule has 1 aromatic rings. The largest absolute Gasteiger partial charge is 0.366 e. The summed E-state index contributed by atoms with van der Waals surface area (Å²) in [4.78, 5) is 8.77. The van der Waals surface area contributed by atoms with Crippen molar-refractivity contribution >= 4 is 23.5 Å². The maximum atomic E-state index is 4.53. The fraction of sp³-hybridized carbons (Fsp3) is 0.714. The van der Waals surface area contributed by atoms with Gasteiger partial charge >= 0.3 is 0 Å². The fourth-order valence-electron chi connectivity index (χ4n) is 2.46. The van der Waals surface area contributed by atoms with Gasteiger partial charge in [-0.1, -0.05) is 20.3 Å². The molecule has 1 heterocycles. The van der Waals surface area contributed by atoms with Gasteiger partial charge in [0, 0.05) is 24.0 Å². The highest BCUT2D eigenvalue weighted by Gasteiger charge is 2.27. The van der Waals surface area contributed by atoms with Crippen molar-refractivity contribution in [2.75, 3.05) is 22.9 Å². The Hall–Kier alpha value is -0.970. The smallest absolute Gasteiger partial charge is 0.224 e. The molecule has 1 aliphatic rings. The Morgan fingerprint density at radius 1 is 1.37 bits per heavy atom. The number of anilines is 2. The molecule has 0 saturated heterocycles. The predicted octanol–water partition coefficient (Wildman–Crippen LogP) is 3.38. The molecule has 1 aliphatic carbocycles. The minimum absolute atomic E-state index is 0.555. The van der Waals surface area contributed by atoms with E-state index in [2.05, 4.69) is 46.2 Å². The van der Waals surface area contributed by atoms with Crippen molar-refractivity contribution in [1.82, 2.24) is 9.97 Å². The summed E-state index contributed by atoms with van der Waals surface area (Å²) in [6.07, 6.45) is 6.80. The van der Waals surface area contributed by atoms with E-state index in [9.17, 15) is 0 Å². The van der Waals surface area contributed by atoms with Crippen molar-refractivity contribution in [3.8, 4) is 0 Å². The van der Waals surface area contributed by atoms with Crippen LogP contribution in [0.4, 0.5) is 11.8 Å². The van der Waals surface area contributed by atoms with E-state index < -0.39 is 0 Å². The van der Waals surface area contributed by atoms with E-state index in [4.69, 9.17) is 0 Å². The Bertz CT molecular complexity index is 385. The Morgan fingerprint density at radius 3 is 3.05 bits per heavy atom. The molecule has 2 unspecified atom stereocenters. The minimum Gasteiger partial charge on any atom is -0.366 e. The lowest BCUT2D eigenvalue weighted by atomic mass is 10.2. The van der Waals surface area contributed by atoms with Crippen LogP contribution in [0.25, 0.3) is 0 Å². The third-order valence-corrected chi connectivity index (χ3v) is 4.68. The molecule has 5 heteroatoms. The Morgan fingerprint density at radius 2 is 2.26 bits per heavy atom. The second-order valence-corrected chi connectivity index (χ2v) is 6.38. The zero-order chi connectivity index (χ0) is 13.5. The van der Waals surface area contributed by atoms with Crippen LogP contribution in [0, 0.1) is 0 Å². The van der Waals surface area contributed by atoms with E-state index in [1.165, 1.54) is 25.0 Å². The quantitative estimate of drug-likeness (QED) is 0.802. The Labute approximate surface area is 120 Å². The van der Waals surface area contributed by atoms with Crippen LogP contribution in [-0.2, 0) is 0 Å². The number of hydrogen-bond acceptors (Lipinski definition) is 5. The van der Waals surface area contributed by atoms with Crippen molar-refractivity contribution in [3.63, 3.8) is 0 Å². The molecule has 1 saturated carbocycles. The molecular formula is C14H24N4S. The molecule has 0 radical (unpaired) electrons. The van der Waals surface area contributed by atoms with Gasteiger partial charge in [-0.05, 0) is 31.1 Å². The Balaban J connectivity index is 1.94. The molecule has 4 nitrogen and oxygen atoms in total. The number of rotatable bonds is 7. The van der Waals surface area contributed by atoms with Gasteiger partial charge < -0.3 is 10.6 Å². The summed E-state index contributed by atoms with van der Waals surface area (Å²) in [5.74, 6) is 2.86. The van der Waals surface area contributed by atoms with E-state index in [1.54, 1.807) is 0 Å². The fourth-order valence-corrected chi connectivity index (χ4v) is 3.65. The lowest BCUT2D eigenvalue weighted by Gasteiger charge is -2.20. The highest BCUT2D eigenvalue weighted by Crippen LogP contribution is 2.31. The second kappa shape index (κ2) is 7.58. The van der Waals surface area contributed by atoms with E-state index in [-0.39, 0.29) is 0 Å². The molecule has 1 fully saturated rings. The number of nitrogens with one attached hydrogen (secondary N) is 2. The van der Waals surface area contributed by atoms with Crippen molar-refractivity contribution in [2.45, 2.75) is 50.8 Å². The van der Waals surface area contributed by atoms with Crippen LogP contribution in [0.3, 0.4) is 0 Å². The van der Waals surface area contributed by atoms with E-state index in [0.717, 1.165) is 30.0 Å². The van der Waals surface area contributed by atoms with Crippen LogP contribution in [0.2, 0.25) is 0 Å². The number of nitrogens with zero attached hydrogens (tertiary/aromatic N) is 2. The predicted molar refractivity (Wildman–Crippen MR) is 84.0 cm³/mol. The minimum atomic E-state index is 0.555. The van der Waals surface area contributed by atoms with E-state index in [0.29, 0.717) is 6.04 Å². The van der Waals surface area contributed by atoms with Gasteiger partial charge in [-0.2, -0.15) is 16.7 Å². The summed E-state index contributed by atoms with van der Waals surface area (Å²) in [6, 6.07) is 2.52. The van der Waals surface area contributed by atoms with Gasteiger partial charge in [-0.3, -0.25) is 0 Å².